The van der Waals surface area contributed by atoms with Crippen molar-refractivity contribution in [3.63, 3.8) is 0 Å². The van der Waals surface area contributed by atoms with Crippen LogP contribution in [-0.4, -0.2) is 28.5 Å². The smallest absolute Gasteiger partial charge is 0.359 e. The molecular formula is C13H10FN3O3. The minimum atomic E-state index is -0.743. The highest BCUT2D eigenvalue weighted by atomic mass is 19.1. The maximum Gasteiger partial charge on any atom is 0.359 e. The lowest BCUT2D eigenvalue weighted by molar-refractivity contribution is -0.119. The maximum absolute atomic E-state index is 12.7. The van der Waals surface area contributed by atoms with E-state index in [1.54, 1.807) is 0 Å². The standard InChI is InChI=1S/C13H10FN3O3/c14-9-1-3-10(4-2-9)17-12(18)8-20-13(19)11-7-15-5-6-16-11/h1-7H,8H2,(H,17,18). The Hall–Kier alpha value is -2.83. The van der Waals surface area contributed by atoms with Crippen LogP contribution in [0.4, 0.5) is 10.1 Å². The fourth-order valence-electron chi connectivity index (χ4n) is 1.34. The number of aromatic nitrogens is 2. The van der Waals surface area contributed by atoms with Gasteiger partial charge < -0.3 is 10.1 Å². The van der Waals surface area contributed by atoms with Gasteiger partial charge in [-0.2, -0.15) is 0 Å². The molecule has 7 heteroatoms. The summed E-state index contributed by atoms with van der Waals surface area (Å²) in [5.74, 6) is -1.68. The largest absolute Gasteiger partial charge is 0.451 e. The van der Waals surface area contributed by atoms with Gasteiger partial charge in [-0.25, -0.2) is 14.2 Å². The van der Waals surface area contributed by atoms with E-state index >= 15 is 0 Å². The van der Waals surface area contributed by atoms with Gasteiger partial charge in [-0.15, -0.1) is 0 Å². The van der Waals surface area contributed by atoms with E-state index in [1.807, 2.05) is 0 Å². The number of anilines is 1. The van der Waals surface area contributed by atoms with E-state index in [9.17, 15) is 14.0 Å². The molecule has 0 bridgehead atoms. The highest BCUT2D eigenvalue weighted by molar-refractivity contribution is 5.94. The molecule has 1 heterocycles. The first-order valence-corrected chi connectivity index (χ1v) is 5.64. The third-order valence-electron chi connectivity index (χ3n) is 2.23. The van der Waals surface area contributed by atoms with E-state index in [0.717, 1.165) is 0 Å². The molecule has 1 aromatic heterocycles. The number of rotatable bonds is 4. The van der Waals surface area contributed by atoms with Gasteiger partial charge in [0.1, 0.15) is 5.82 Å². The van der Waals surface area contributed by atoms with Crippen LogP contribution in [0.3, 0.4) is 0 Å². The van der Waals surface area contributed by atoms with Gasteiger partial charge in [0.05, 0.1) is 6.20 Å². The Morgan fingerprint density at radius 1 is 1.20 bits per heavy atom. The molecule has 6 nitrogen and oxygen atoms in total. The van der Waals surface area contributed by atoms with E-state index in [4.69, 9.17) is 4.74 Å². The lowest BCUT2D eigenvalue weighted by Crippen LogP contribution is -2.21. The van der Waals surface area contributed by atoms with Gasteiger partial charge in [-0.3, -0.25) is 9.78 Å². The number of halogens is 1. The summed E-state index contributed by atoms with van der Waals surface area (Å²) in [5.41, 5.74) is 0.425. The Morgan fingerprint density at radius 3 is 2.60 bits per heavy atom. The van der Waals surface area contributed by atoms with Gasteiger partial charge in [0, 0.05) is 18.1 Å². The van der Waals surface area contributed by atoms with Crippen LogP contribution in [0.15, 0.2) is 42.9 Å². The first kappa shape index (κ1) is 13.6. The van der Waals surface area contributed by atoms with Gasteiger partial charge in [0.15, 0.2) is 12.3 Å². The molecule has 0 atom stereocenters. The molecule has 102 valence electrons. The third kappa shape index (κ3) is 3.84. The van der Waals surface area contributed by atoms with Crippen LogP contribution in [0.25, 0.3) is 0 Å². The Morgan fingerprint density at radius 2 is 1.95 bits per heavy atom. The molecule has 1 N–H and O–H groups in total. The molecular weight excluding hydrogens is 265 g/mol. The van der Waals surface area contributed by atoms with E-state index in [1.165, 1.54) is 42.9 Å². The van der Waals surface area contributed by atoms with Gasteiger partial charge >= 0.3 is 5.97 Å². The summed E-state index contributed by atoms with van der Waals surface area (Å²) in [6, 6.07) is 5.22. The van der Waals surface area contributed by atoms with Crippen LogP contribution in [-0.2, 0) is 9.53 Å². The van der Waals surface area contributed by atoms with Crippen molar-refractivity contribution in [1.29, 1.82) is 0 Å². The summed E-state index contributed by atoms with van der Waals surface area (Å²) < 4.78 is 17.4. The zero-order valence-corrected chi connectivity index (χ0v) is 10.2. The first-order chi connectivity index (χ1) is 9.65. The minimum absolute atomic E-state index is 0.0158. The molecule has 2 rings (SSSR count). The van der Waals surface area contributed by atoms with Crippen molar-refractivity contribution in [2.75, 3.05) is 11.9 Å². The first-order valence-electron chi connectivity index (χ1n) is 5.64. The summed E-state index contributed by atoms with van der Waals surface area (Å²) in [5, 5.41) is 2.46. The fraction of sp³-hybridized carbons (Fsp3) is 0.0769. The second kappa shape index (κ2) is 6.37. The van der Waals surface area contributed by atoms with Crippen LogP contribution in [0.2, 0.25) is 0 Å². The minimum Gasteiger partial charge on any atom is -0.451 e. The number of benzene rings is 1. The zero-order valence-electron chi connectivity index (χ0n) is 10.2. The van der Waals surface area contributed by atoms with E-state index in [2.05, 4.69) is 15.3 Å². The van der Waals surface area contributed by atoms with E-state index in [0.29, 0.717) is 5.69 Å². The lowest BCUT2D eigenvalue weighted by Gasteiger charge is -2.06. The molecule has 0 aliphatic heterocycles. The summed E-state index contributed by atoms with van der Waals surface area (Å²) in [6.45, 7) is -0.465. The predicted octanol–water partition coefficient (Wildman–Crippen LogP) is 1.41. The molecule has 20 heavy (non-hydrogen) atoms. The van der Waals surface area contributed by atoms with Crippen molar-refractivity contribution in [2.24, 2.45) is 0 Å². The quantitative estimate of drug-likeness (QED) is 0.853. The van der Waals surface area contributed by atoms with Crippen LogP contribution >= 0.6 is 0 Å². The molecule has 0 saturated heterocycles. The van der Waals surface area contributed by atoms with Crippen LogP contribution in [0.5, 0.6) is 0 Å². The van der Waals surface area contributed by atoms with Crippen LogP contribution in [0.1, 0.15) is 10.5 Å². The monoisotopic (exact) mass is 275 g/mol. The average molecular weight is 275 g/mol. The number of hydrogen-bond donors (Lipinski definition) is 1. The van der Waals surface area contributed by atoms with Gasteiger partial charge in [0.2, 0.25) is 0 Å². The molecule has 0 saturated carbocycles. The summed E-state index contributed by atoms with van der Waals surface area (Å²) in [6.07, 6.45) is 3.99. The second-order valence-electron chi connectivity index (χ2n) is 3.72. The number of hydrogen-bond acceptors (Lipinski definition) is 5. The lowest BCUT2D eigenvalue weighted by atomic mass is 10.3. The molecule has 0 spiro atoms. The van der Waals surface area contributed by atoms with Crippen molar-refractivity contribution in [1.82, 2.24) is 9.97 Å². The maximum atomic E-state index is 12.7. The molecule has 1 aromatic carbocycles. The topological polar surface area (TPSA) is 81.2 Å². The summed E-state index contributed by atoms with van der Waals surface area (Å²) >= 11 is 0. The van der Waals surface area contributed by atoms with Crippen molar-refractivity contribution in [2.45, 2.75) is 0 Å². The molecule has 0 radical (unpaired) electrons. The molecule has 0 aliphatic rings. The van der Waals surface area contributed by atoms with Gasteiger partial charge in [-0.1, -0.05) is 0 Å². The Kier molecular flexibility index (Phi) is 4.33. The van der Waals surface area contributed by atoms with Crippen molar-refractivity contribution in [3.05, 3.63) is 54.4 Å². The SMILES string of the molecule is O=C(COC(=O)c1cnccn1)Nc1ccc(F)cc1. The van der Waals surface area contributed by atoms with E-state index in [-0.39, 0.29) is 5.69 Å². The number of amides is 1. The van der Waals surface area contributed by atoms with Gasteiger partial charge in [-0.05, 0) is 24.3 Å². The Balaban J connectivity index is 1.83. The van der Waals surface area contributed by atoms with Crippen molar-refractivity contribution < 1.29 is 18.7 Å². The molecule has 0 aliphatic carbocycles. The molecule has 2 aromatic rings. The van der Waals surface area contributed by atoms with Crippen LogP contribution < -0.4 is 5.32 Å². The predicted molar refractivity (Wildman–Crippen MR) is 67.3 cm³/mol. The Bertz CT molecular complexity index is 602. The average Bonchev–Trinajstić information content (AvgIpc) is 2.48. The number of esters is 1. The highest BCUT2D eigenvalue weighted by Crippen LogP contribution is 2.08. The van der Waals surface area contributed by atoms with Gasteiger partial charge in [0.25, 0.3) is 5.91 Å². The van der Waals surface area contributed by atoms with Crippen molar-refractivity contribution in [3.8, 4) is 0 Å². The number of carbonyl (C=O) groups excluding carboxylic acids is 2. The number of carbonyl (C=O) groups is 2. The zero-order chi connectivity index (χ0) is 14.4. The summed E-state index contributed by atoms with van der Waals surface area (Å²) in [7, 11) is 0. The highest BCUT2D eigenvalue weighted by Gasteiger charge is 2.11. The molecule has 0 unspecified atom stereocenters. The third-order valence-corrected chi connectivity index (χ3v) is 2.23. The fourth-order valence-corrected chi connectivity index (χ4v) is 1.34. The number of ether oxygens (including phenoxy) is 1. The summed E-state index contributed by atoms with van der Waals surface area (Å²) in [4.78, 5) is 30.5. The molecule has 0 fully saturated rings. The normalized spacial score (nSPS) is 9.85. The molecule has 1 amide bonds. The number of nitrogens with one attached hydrogen (secondary N) is 1. The Labute approximate surface area is 113 Å². The van der Waals surface area contributed by atoms with Crippen LogP contribution in [0, 0.1) is 5.82 Å². The second-order valence-corrected chi connectivity index (χ2v) is 3.72. The van der Waals surface area contributed by atoms with E-state index < -0.39 is 24.3 Å². The number of nitrogens with zero attached hydrogens (tertiary/aromatic N) is 2. The van der Waals surface area contributed by atoms with Crippen molar-refractivity contribution >= 4 is 17.6 Å².